The first-order valence-electron chi connectivity index (χ1n) is 5.35. The van der Waals surface area contributed by atoms with Gasteiger partial charge < -0.3 is 5.73 Å². The molecule has 2 N–H and O–H groups in total. The van der Waals surface area contributed by atoms with Gasteiger partial charge >= 0.3 is 0 Å². The largest absolute Gasteiger partial charge is 0.328 e. The molecule has 0 radical (unpaired) electrons. The van der Waals surface area contributed by atoms with Gasteiger partial charge in [0.15, 0.2) is 0 Å². The molecule has 0 unspecified atom stereocenters. The number of hydrogen-bond acceptors (Lipinski definition) is 3. The van der Waals surface area contributed by atoms with Crippen LogP contribution in [0.25, 0.3) is 0 Å². The maximum absolute atomic E-state index is 9.35. The van der Waals surface area contributed by atoms with Crippen LogP contribution in [0.2, 0.25) is 0 Å². The number of nitriles is 1. The Hall–Kier alpha value is -1.40. The van der Waals surface area contributed by atoms with Crippen LogP contribution in [0.1, 0.15) is 31.4 Å². The summed E-state index contributed by atoms with van der Waals surface area (Å²) >= 11 is 0. The van der Waals surface area contributed by atoms with Gasteiger partial charge in [-0.05, 0) is 37.8 Å². The SMILES string of the molecule is N#CC1(c2ccccn2)CCC(N)CC1. The van der Waals surface area contributed by atoms with Crippen LogP contribution in [0.3, 0.4) is 0 Å². The molecule has 15 heavy (non-hydrogen) atoms. The van der Waals surface area contributed by atoms with Gasteiger partial charge in [0.2, 0.25) is 0 Å². The average molecular weight is 201 g/mol. The van der Waals surface area contributed by atoms with Gasteiger partial charge in [0.05, 0.1) is 17.2 Å². The van der Waals surface area contributed by atoms with Crippen molar-refractivity contribution in [2.75, 3.05) is 0 Å². The highest BCUT2D eigenvalue weighted by atomic mass is 14.7. The Morgan fingerprint density at radius 3 is 2.67 bits per heavy atom. The van der Waals surface area contributed by atoms with E-state index in [1.54, 1.807) is 6.20 Å². The van der Waals surface area contributed by atoms with Gasteiger partial charge in [0.25, 0.3) is 0 Å². The number of rotatable bonds is 1. The van der Waals surface area contributed by atoms with E-state index in [4.69, 9.17) is 5.73 Å². The van der Waals surface area contributed by atoms with Gasteiger partial charge in [0, 0.05) is 12.2 Å². The maximum atomic E-state index is 9.35. The van der Waals surface area contributed by atoms with Crippen LogP contribution in [0, 0.1) is 11.3 Å². The summed E-state index contributed by atoms with van der Waals surface area (Å²) in [6.45, 7) is 0. The first-order chi connectivity index (χ1) is 7.27. The van der Waals surface area contributed by atoms with Crippen molar-refractivity contribution in [3.63, 3.8) is 0 Å². The minimum absolute atomic E-state index is 0.259. The van der Waals surface area contributed by atoms with E-state index in [0.717, 1.165) is 31.4 Å². The summed E-state index contributed by atoms with van der Waals surface area (Å²) in [4.78, 5) is 4.31. The molecule has 0 aromatic carbocycles. The molecular weight excluding hydrogens is 186 g/mol. The Labute approximate surface area is 89.9 Å². The molecule has 0 atom stereocenters. The molecule has 1 aromatic rings. The number of nitrogens with two attached hydrogens (primary N) is 1. The number of aromatic nitrogens is 1. The van der Waals surface area contributed by atoms with Gasteiger partial charge in [-0.2, -0.15) is 5.26 Å². The predicted octanol–water partition coefficient (Wildman–Crippen LogP) is 1.74. The van der Waals surface area contributed by atoms with Crippen molar-refractivity contribution in [2.24, 2.45) is 5.73 Å². The fourth-order valence-electron chi connectivity index (χ4n) is 2.20. The van der Waals surface area contributed by atoms with Gasteiger partial charge in [-0.15, -0.1) is 0 Å². The second-order valence-corrected chi connectivity index (χ2v) is 4.25. The van der Waals surface area contributed by atoms with Crippen molar-refractivity contribution >= 4 is 0 Å². The fourth-order valence-corrected chi connectivity index (χ4v) is 2.20. The van der Waals surface area contributed by atoms with Crippen LogP contribution in [-0.2, 0) is 5.41 Å². The molecule has 1 saturated carbocycles. The summed E-state index contributed by atoms with van der Waals surface area (Å²) in [5.41, 5.74) is 6.37. The van der Waals surface area contributed by atoms with Crippen molar-refractivity contribution in [1.82, 2.24) is 4.98 Å². The first kappa shape index (κ1) is 10.1. The highest BCUT2D eigenvalue weighted by Gasteiger charge is 2.37. The highest BCUT2D eigenvalue weighted by molar-refractivity contribution is 5.27. The minimum atomic E-state index is -0.392. The van der Waals surface area contributed by atoms with Gasteiger partial charge in [-0.3, -0.25) is 4.98 Å². The molecule has 0 saturated heterocycles. The summed E-state index contributed by atoms with van der Waals surface area (Å²) in [6.07, 6.45) is 5.26. The quantitative estimate of drug-likeness (QED) is 0.752. The standard InChI is InChI=1S/C12H15N3/c13-9-12(6-4-10(14)5-7-12)11-3-1-2-8-15-11/h1-3,8,10H,4-7,14H2. The second-order valence-electron chi connectivity index (χ2n) is 4.25. The van der Waals surface area contributed by atoms with E-state index in [2.05, 4.69) is 11.1 Å². The summed E-state index contributed by atoms with van der Waals surface area (Å²) in [7, 11) is 0. The Morgan fingerprint density at radius 1 is 1.40 bits per heavy atom. The lowest BCUT2D eigenvalue weighted by Gasteiger charge is -2.32. The molecule has 1 aromatic heterocycles. The van der Waals surface area contributed by atoms with Crippen molar-refractivity contribution in [1.29, 1.82) is 5.26 Å². The molecule has 0 bridgehead atoms. The molecule has 1 aliphatic rings. The van der Waals surface area contributed by atoms with Crippen LogP contribution in [0.5, 0.6) is 0 Å². The number of pyridine rings is 1. The smallest absolute Gasteiger partial charge is 0.0994 e. The molecule has 3 nitrogen and oxygen atoms in total. The van der Waals surface area contributed by atoms with Crippen LogP contribution in [-0.4, -0.2) is 11.0 Å². The van der Waals surface area contributed by atoms with Crippen molar-refractivity contribution in [3.8, 4) is 6.07 Å². The normalized spacial score (nSPS) is 30.8. The Bertz CT molecular complexity index is 358. The molecular formula is C12H15N3. The molecule has 0 aliphatic heterocycles. The van der Waals surface area contributed by atoms with Crippen LogP contribution in [0.15, 0.2) is 24.4 Å². The zero-order valence-electron chi connectivity index (χ0n) is 8.69. The van der Waals surface area contributed by atoms with E-state index in [-0.39, 0.29) is 6.04 Å². The lowest BCUT2D eigenvalue weighted by Crippen LogP contribution is -2.36. The van der Waals surface area contributed by atoms with Gasteiger partial charge in [0.1, 0.15) is 0 Å². The van der Waals surface area contributed by atoms with E-state index in [1.807, 2.05) is 18.2 Å². The summed E-state index contributed by atoms with van der Waals surface area (Å²) in [5.74, 6) is 0. The van der Waals surface area contributed by atoms with Crippen molar-refractivity contribution in [2.45, 2.75) is 37.1 Å². The van der Waals surface area contributed by atoms with Gasteiger partial charge in [-0.25, -0.2) is 0 Å². The molecule has 3 heteroatoms. The van der Waals surface area contributed by atoms with Crippen LogP contribution >= 0.6 is 0 Å². The second kappa shape index (κ2) is 4.00. The molecule has 0 spiro atoms. The zero-order valence-corrected chi connectivity index (χ0v) is 8.69. The maximum Gasteiger partial charge on any atom is 0.0994 e. The van der Waals surface area contributed by atoms with Crippen LogP contribution < -0.4 is 5.73 Å². The predicted molar refractivity (Wildman–Crippen MR) is 58.0 cm³/mol. The molecule has 78 valence electrons. The molecule has 2 rings (SSSR count). The molecule has 0 amide bonds. The Kier molecular flexibility index (Phi) is 2.70. The third-order valence-corrected chi connectivity index (χ3v) is 3.25. The molecule has 1 fully saturated rings. The number of hydrogen-bond donors (Lipinski definition) is 1. The first-order valence-corrected chi connectivity index (χ1v) is 5.35. The van der Waals surface area contributed by atoms with Gasteiger partial charge in [-0.1, -0.05) is 6.07 Å². The average Bonchev–Trinajstić information content (AvgIpc) is 2.32. The van der Waals surface area contributed by atoms with Crippen molar-refractivity contribution in [3.05, 3.63) is 30.1 Å². The Morgan fingerprint density at radius 2 is 2.13 bits per heavy atom. The summed E-state index contributed by atoms with van der Waals surface area (Å²) in [5, 5.41) is 9.35. The lowest BCUT2D eigenvalue weighted by atomic mass is 9.71. The third-order valence-electron chi connectivity index (χ3n) is 3.25. The molecule has 1 heterocycles. The fraction of sp³-hybridized carbons (Fsp3) is 0.500. The summed E-state index contributed by atoms with van der Waals surface area (Å²) in [6, 6.07) is 8.46. The van der Waals surface area contributed by atoms with E-state index >= 15 is 0 Å². The van der Waals surface area contributed by atoms with E-state index in [9.17, 15) is 5.26 Å². The minimum Gasteiger partial charge on any atom is -0.328 e. The van der Waals surface area contributed by atoms with Crippen molar-refractivity contribution < 1.29 is 0 Å². The van der Waals surface area contributed by atoms with E-state index in [0.29, 0.717) is 0 Å². The lowest BCUT2D eigenvalue weighted by molar-refractivity contribution is 0.326. The highest BCUT2D eigenvalue weighted by Crippen LogP contribution is 2.37. The van der Waals surface area contributed by atoms with E-state index in [1.165, 1.54) is 0 Å². The molecule has 1 aliphatic carbocycles. The number of nitrogens with zero attached hydrogens (tertiary/aromatic N) is 2. The topological polar surface area (TPSA) is 62.7 Å². The Balaban J connectivity index is 2.28. The zero-order chi connectivity index (χ0) is 10.7. The summed E-state index contributed by atoms with van der Waals surface area (Å²) < 4.78 is 0. The third kappa shape index (κ3) is 1.86. The van der Waals surface area contributed by atoms with E-state index < -0.39 is 5.41 Å². The monoisotopic (exact) mass is 201 g/mol. The van der Waals surface area contributed by atoms with Crippen LogP contribution in [0.4, 0.5) is 0 Å².